The van der Waals surface area contributed by atoms with Gasteiger partial charge in [0.1, 0.15) is 17.8 Å². The Morgan fingerprint density at radius 2 is 1.79 bits per heavy atom. The number of hydrazine groups is 1. The highest BCUT2D eigenvalue weighted by Gasteiger charge is 2.11. The van der Waals surface area contributed by atoms with Gasteiger partial charge in [-0.2, -0.15) is 0 Å². The number of hydrogen-bond acceptors (Lipinski definition) is 7. The Labute approximate surface area is 181 Å². The molecule has 0 unspecified atom stereocenters. The summed E-state index contributed by atoms with van der Waals surface area (Å²) in [6, 6.07) is 11.8. The summed E-state index contributed by atoms with van der Waals surface area (Å²) in [5, 5.41) is 4.29. The minimum absolute atomic E-state index is 0.189. The molecule has 0 saturated carbocycles. The Morgan fingerprint density at radius 3 is 2.55 bits per heavy atom. The van der Waals surface area contributed by atoms with E-state index in [4.69, 9.17) is 45.3 Å². The van der Waals surface area contributed by atoms with Crippen molar-refractivity contribution >= 4 is 63.7 Å². The number of nitrogen functional groups attached to an aromatic ring is 1. The number of nitrogens with one attached hydrogen (secondary N) is 3. The highest BCUT2D eigenvalue weighted by Crippen LogP contribution is 2.29. The minimum Gasteiger partial charge on any atom is -0.482 e. The van der Waals surface area contributed by atoms with Crippen LogP contribution < -0.4 is 26.6 Å². The van der Waals surface area contributed by atoms with E-state index in [1.807, 2.05) is 6.07 Å². The molecule has 0 atom stereocenters. The highest BCUT2D eigenvalue weighted by molar-refractivity contribution is 6.35. The second-order valence-electron chi connectivity index (χ2n) is 5.63. The summed E-state index contributed by atoms with van der Waals surface area (Å²) in [6.07, 6.45) is 1.29. The Morgan fingerprint density at radius 1 is 1.03 bits per heavy atom. The van der Waals surface area contributed by atoms with Gasteiger partial charge in [-0.15, -0.1) is 0 Å². The normalized spacial score (nSPS) is 10.3. The first-order chi connectivity index (χ1) is 13.9. The Bertz CT molecular complexity index is 1030. The van der Waals surface area contributed by atoms with Crippen LogP contribution >= 0.6 is 34.8 Å². The zero-order valence-electron chi connectivity index (χ0n) is 14.7. The zero-order valence-corrected chi connectivity index (χ0v) is 17.0. The van der Waals surface area contributed by atoms with Gasteiger partial charge >= 0.3 is 0 Å². The molecule has 0 spiro atoms. The van der Waals surface area contributed by atoms with E-state index in [1.165, 1.54) is 12.4 Å². The van der Waals surface area contributed by atoms with Crippen molar-refractivity contribution in [1.29, 1.82) is 0 Å². The van der Waals surface area contributed by atoms with Crippen LogP contribution in [0.15, 0.2) is 48.8 Å². The van der Waals surface area contributed by atoms with Gasteiger partial charge in [-0.1, -0.05) is 46.9 Å². The van der Waals surface area contributed by atoms with Crippen molar-refractivity contribution in [2.75, 3.05) is 23.1 Å². The van der Waals surface area contributed by atoms with Gasteiger partial charge in [0, 0.05) is 5.02 Å². The predicted octanol–water partition coefficient (Wildman–Crippen LogP) is 4.28. The van der Waals surface area contributed by atoms with Gasteiger partial charge < -0.3 is 15.8 Å². The molecule has 150 valence electrons. The molecule has 0 bridgehead atoms. The molecule has 0 aliphatic rings. The summed E-state index contributed by atoms with van der Waals surface area (Å²) in [4.78, 5) is 20.1. The molecule has 1 heterocycles. The molecule has 0 aliphatic carbocycles. The average molecular weight is 454 g/mol. The number of nitrogens with zero attached hydrogens (tertiary/aromatic N) is 2. The smallest absolute Gasteiger partial charge is 0.276 e. The van der Waals surface area contributed by atoms with Gasteiger partial charge in [0.05, 0.1) is 15.7 Å². The van der Waals surface area contributed by atoms with Crippen LogP contribution in [-0.4, -0.2) is 22.5 Å². The van der Waals surface area contributed by atoms with E-state index in [-0.39, 0.29) is 18.1 Å². The number of carbonyl (C=O) groups is 1. The first-order valence-corrected chi connectivity index (χ1v) is 9.32. The first-order valence-electron chi connectivity index (χ1n) is 8.19. The number of benzene rings is 2. The molecule has 0 fully saturated rings. The second kappa shape index (κ2) is 9.51. The van der Waals surface area contributed by atoms with Crippen LogP contribution in [0.2, 0.25) is 15.1 Å². The summed E-state index contributed by atoms with van der Waals surface area (Å²) >= 11 is 17.9. The average Bonchev–Trinajstić information content (AvgIpc) is 2.69. The van der Waals surface area contributed by atoms with Crippen molar-refractivity contribution in [3.05, 3.63) is 63.9 Å². The molecule has 2 aromatic carbocycles. The van der Waals surface area contributed by atoms with Gasteiger partial charge in [0.25, 0.3) is 5.91 Å². The lowest BCUT2D eigenvalue weighted by molar-refractivity contribution is -0.122. The van der Waals surface area contributed by atoms with E-state index in [1.54, 1.807) is 30.3 Å². The number of aromatic nitrogens is 2. The lowest BCUT2D eigenvalue weighted by atomic mass is 10.3. The van der Waals surface area contributed by atoms with Crippen LogP contribution in [0.25, 0.3) is 0 Å². The van der Waals surface area contributed by atoms with Crippen LogP contribution in [0.5, 0.6) is 5.75 Å². The van der Waals surface area contributed by atoms with Gasteiger partial charge in [-0.25, -0.2) is 9.97 Å². The molecule has 29 heavy (non-hydrogen) atoms. The van der Waals surface area contributed by atoms with Gasteiger partial charge in [-0.3, -0.25) is 15.6 Å². The number of carbonyl (C=O) groups excluding carboxylic acids is 1. The van der Waals surface area contributed by atoms with Crippen LogP contribution in [0, 0.1) is 0 Å². The maximum Gasteiger partial charge on any atom is 0.276 e. The molecule has 1 aromatic heterocycles. The number of rotatable bonds is 7. The fourth-order valence-corrected chi connectivity index (χ4v) is 2.83. The molecule has 0 radical (unpaired) electrons. The third-order valence-electron chi connectivity index (χ3n) is 3.58. The molecule has 3 aromatic rings. The Balaban J connectivity index is 1.59. The maximum absolute atomic E-state index is 12.0. The molecular formula is C18H15Cl3N6O2. The molecule has 5 N–H and O–H groups in total. The summed E-state index contributed by atoms with van der Waals surface area (Å²) in [5.74, 6) is 0.384. The quantitative estimate of drug-likeness (QED) is 0.395. The fraction of sp³-hybridized carbons (Fsp3) is 0.0556. The SMILES string of the molecule is Nc1c(NNC(=O)COc2ccc(Cl)cc2Cl)ncnc1Nc1ccccc1Cl. The van der Waals surface area contributed by atoms with Crippen LogP contribution in [0.1, 0.15) is 0 Å². The summed E-state index contributed by atoms with van der Waals surface area (Å²) in [7, 11) is 0. The van der Waals surface area contributed by atoms with E-state index < -0.39 is 5.91 Å². The lowest BCUT2D eigenvalue weighted by Gasteiger charge is -2.14. The molecule has 3 rings (SSSR count). The topological polar surface area (TPSA) is 114 Å². The van der Waals surface area contributed by atoms with Crippen molar-refractivity contribution in [3.8, 4) is 5.75 Å². The molecule has 0 aliphatic heterocycles. The zero-order chi connectivity index (χ0) is 20.8. The molecule has 8 nitrogen and oxygen atoms in total. The number of amides is 1. The molecule has 11 heteroatoms. The lowest BCUT2D eigenvalue weighted by Crippen LogP contribution is -2.34. The van der Waals surface area contributed by atoms with E-state index in [2.05, 4.69) is 26.1 Å². The van der Waals surface area contributed by atoms with Gasteiger partial charge in [0.15, 0.2) is 18.2 Å². The largest absolute Gasteiger partial charge is 0.482 e. The van der Waals surface area contributed by atoms with E-state index in [0.717, 1.165) is 0 Å². The van der Waals surface area contributed by atoms with Gasteiger partial charge in [-0.05, 0) is 30.3 Å². The third-order valence-corrected chi connectivity index (χ3v) is 4.44. The number of para-hydroxylation sites is 1. The van der Waals surface area contributed by atoms with Crippen LogP contribution in [-0.2, 0) is 4.79 Å². The number of nitrogens with two attached hydrogens (primary N) is 1. The van der Waals surface area contributed by atoms with E-state index in [9.17, 15) is 4.79 Å². The van der Waals surface area contributed by atoms with Gasteiger partial charge in [0.2, 0.25) is 0 Å². The van der Waals surface area contributed by atoms with Crippen molar-refractivity contribution in [2.24, 2.45) is 0 Å². The van der Waals surface area contributed by atoms with Crippen LogP contribution in [0.3, 0.4) is 0 Å². The Kier molecular flexibility index (Phi) is 6.82. The van der Waals surface area contributed by atoms with E-state index >= 15 is 0 Å². The standard InChI is InChI=1S/C18H15Cl3N6O2/c19-10-5-6-14(12(21)7-10)29-8-15(28)26-27-18-16(22)17(23-9-24-18)25-13-4-2-1-3-11(13)20/h1-7,9H,8,22H2,(H,26,28)(H2,23,24,25,27). The number of hydrogen-bond donors (Lipinski definition) is 4. The van der Waals surface area contributed by atoms with Crippen molar-refractivity contribution < 1.29 is 9.53 Å². The van der Waals surface area contributed by atoms with Crippen molar-refractivity contribution in [1.82, 2.24) is 15.4 Å². The van der Waals surface area contributed by atoms with Crippen LogP contribution in [0.4, 0.5) is 23.0 Å². The van der Waals surface area contributed by atoms with E-state index in [0.29, 0.717) is 32.3 Å². The first kappa shape index (κ1) is 20.8. The number of anilines is 4. The minimum atomic E-state index is -0.477. The Hall–Kier alpha value is -2.94. The number of halogens is 3. The predicted molar refractivity (Wildman–Crippen MR) is 115 cm³/mol. The monoisotopic (exact) mass is 452 g/mol. The third kappa shape index (κ3) is 5.54. The number of ether oxygens (including phenoxy) is 1. The summed E-state index contributed by atoms with van der Waals surface area (Å²) in [6.45, 7) is -0.288. The van der Waals surface area contributed by atoms with Crippen molar-refractivity contribution in [3.63, 3.8) is 0 Å². The molecular weight excluding hydrogens is 439 g/mol. The fourth-order valence-electron chi connectivity index (χ4n) is 2.19. The summed E-state index contributed by atoms with van der Waals surface area (Å²) in [5.41, 5.74) is 11.9. The molecule has 1 amide bonds. The molecule has 0 saturated heterocycles. The maximum atomic E-state index is 12.0. The van der Waals surface area contributed by atoms with Crippen molar-refractivity contribution in [2.45, 2.75) is 0 Å². The summed E-state index contributed by atoms with van der Waals surface area (Å²) < 4.78 is 5.35. The second-order valence-corrected chi connectivity index (χ2v) is 6.88. The highest BCUT2D eigenvalue weighted by atomic mass is 35.5.